The van der Waals surface area contributed by atoms with Crippen LogP contribution in [0.2, 0.25) is 0 Å². The second-order valence-corrected chi connectivity index (χ2v) is 7.69. The lowest BCUT2D eigenvalue weighted by molar-refractivity contribution is -0.153. The molecule has 0 spiro atoms. The van der Waals surface area contributed by atoms with Crippen LogP contribution in [0, 0.1) is 6.92 Å². The van der Waals surface area contributed by atoms with Crippen LogP contribution >= 0.6 is 0 Å². The molecule has 1 atom stereocenters. The predicted molar refractivity (Wildman–Crippen MR) is 108 cm³/mol. The number of carbonyl (C=O) groups is 2. The molecule has 154 valence electrons. The lowest BCUT2D eigenvalue weighted by Gasteiger charge is -2.20. The van der Waals surface area contributed by atoms with Gasteiger partial charge in [-0.25, -0.2) is 14.6 Å². The minimum absolute atomic E-state index is 0.170. The van der Waals surface area contributed by atoms with E-state index in [0.717, 1.165) is 49.9 Å². The Balaban J connectivity index is 1.53. The van der Waals surface area contributed by atoms with Gasteiger partial charge in [0.2, 0.25) is 6.10 Å². The van der Waals surface area contributed by atoms with Crippen LogP contribution in [0.4, 0.5) is 10.5 Å². The van der Waals surface area contributed by atoms with E-state index in [1.54, 1.807) is 24.0 Å². The summed E-state index contributed by atoms with van der Waals surface area (Å²) >= 11 is 0. The number of nitrogens with one attached hydrogen (secondary N) is 1. The smallest absolute Gasteiger partial charge is 0.412 e. The highest BCUT2D eigenvalue weighted by Crippen LogP contribution is 2.38. The fraction of sp³-hybridized carbons (Fsp3) is 0.500. The van der Waals surface area contributed by atoms with Gasteiger partial charge in [-0.05, 0) is 74.6 Å². The Morgan fingerprint density at radius 2 is 1.86 bits per heavy atom. The zero-order chi connectivity index (χ0) is 20.4. The van der Waals surface area contributed by atoms with E-state index in [2.05, 4.69) is 16.4 Å². The molecule has 0 saturated heterocycles. The second-order valence-electron chi connectivity index (χ2n) is 7.69. The van der Waals surface area contributed by atoms with Crippen LogP contribution in [0.25, 0.3) is 0 Å². The molecule has 1 aromatic heterocycles. The van der Waals surface area contributed by atoms with E-state index < -0.39 is 18.2 Å². The first-order valence-corrected chi connectivity index (χ1v) is 10.3. The Bertz CT molecular complexity index is 902. The molecule has 2 aliphatic rings. The van der Waals surface area contributed by atoms with E-state index in [0.29, 0.717) is 0 Å². The summed E-state index contributed by atoms with van der Waals surface area (Å²) < 4.78 is 12.4. The van der Waals surface area contributed by atoms with Gasteiger partial charge in [0.15, 0.2) is 0 Å². The number of imidazole rings is 1. The maximum absolute atomic E-state index is 12.8. The largest absolute Gasteiger partial charge is 0.463 e. The molecule has 1 heterocycles. The molecule has 1 N–H and O–H groups in total. The van der Waals surface area contributed by atoms with Crippen molar-refractivity contribution in [1.29, 1.82) is 0 Å². The van der Waals surface area contributed by atoms with Crippen LogP contribution in [0.15, 0.2) is 18.6 Å². The third kappa shape index (κ3) is 3.99. The number of esters is 1. The molecule has 7 heteroatoms. The first-order valence-electron chi connectivity index (χ1n) is 10.3. The summed E-state index contributed by atoms with van der Waals surface area (Å²) in [7, 11) is 0. The summed E-state index contributed by atoms with van der Waals surface area (Å²) in [6, 6.07) is 2.31. The van der Waals surface area contributed by atoms with Crippen molar-refractivity contribution in [2.75, 3.05) is 11.9 Å². The number of rotatable bonds is 6. The van der Waals surface area contributed by atoms with Crippen molar-refractivity contribution in [3.05, 3.63) is 46.5 Å². The van der Waals surface area contributed by atoms with Crippen molar-refractivity contribution in [3.8, 4) is 0 Å². The van der Waals surface area contributed by atoms with Crippen LogP contribution in [0.1, 0.15) is 47.7 Å². The summed E-state index contributed by atoms with van der Waals surface area (Å²) in [6.07, 6.45) is 7.90. The van der Waals surface area contributed by atoms with Gasteiger partial charge in [-0.2, -0.15) is 0 Å². The molecule has 0 radical (unpaired) electrons. The van der Waals surface area contributed by atoms with Crippen LogP contribution in [0.5, 0.6) is 0 Å². The number of aryl methyl sites for hydroxylation is 3. The number of aromatic nitrogens is 2. The lowest BCUT2D eigenvalue weighted by atomic mass is 9.99. The number of hydrogen-bond donors (Lipinski definition) is 1. The topological polar surface area (TPSA) is 82.5 Å². The van der Waals surface area contributed by atoms with Crippen LogP contribution in [0.3, 0.4) is 0 Å². The SMILES string of the molecule is CCOC(=O)C(Cn1cncc1C)OC(=O)Nc1c2c(cc3c1CCC3)CCC2. The van der Waals surface area contributed by atoms with E-state index in [9.17, 15) is 9.59 Å². The molecule has 0 bridgehead atoms. The maximum Gasteiger partial charge on any atom is 0.412 e. The Morgan fingerprint density at radius 3 is 2.45 bits per heavy atom. The Morgan fingerprint density at radius 1 is 1.17 bits per heavy atom. The predicted octanol–water partition coefficient (Wildman–Crippen LogP) is 3.35. The first kappa shape index (κ1) is 19.5. The number of nitrogens with zero attached hydrogens (tertiary/aromatic N) is 2. The molecule has 4 rings (SSSR count). The van der Waals surface area contributed by atoms with Crippen LogP contribution < -0.4 is 5.32 Å². The van der Waals surface area contributed by atoms with Crippen molar-refractivity contribution in [1.82, 2.24) is 9.55 Å². The molecule has 1 aromatic carbocycles. The molecule has 0 aliphatic heterocycles. The van der Waals surface area contributed by atoms with Gasteiger partial charge in [0.1, 0.15) is 0 Å². The molecular weight excluding hydrogens is 370 g/mol. The molecule has 29 heavy (non-hydrogen) atoms. The van der Waals surface area contributed by atoms with Crippen molar-refractivity contribution >= 4 is 17.7 Å². The molecule has 0 fully saturated rings. The van der Waals surface area contributed by atoms with Gasteiger partial charge in [0.05, 0.1) is 25.2 Å². The zero-order valence-electron chi connectivity index (χ0n) is 17.0. The minimum atomic E-state index is -1.03. The van der Waals surface area contributed by atoms with E-state index >= 15 is 0 Å². The van der Waals surface area contributed by atoms with E-state index in [1.807, 2.05) is 6.92 Å². The fourth-order valence-electron chi connectivity index (χ4n) is 4.38. The normalized spacial score (nSPS) is 15.5. The van der Waals surface area contributed by atoms with Crippen LogP contribution in [-0.4, -0.2) is 34.3 Å². The number of fused-ring (bicyclic) bond motifs is 2. The summed E-state index contributed by atoms with van der Waals surface area (Å²) in [5, 5.41) is 2.97. The van der Waals surface area contributed by atoms with E-state index in [-0.39, 0.29) is 13.2 Å². The highest BCUT2D eigenvalue weighted by Gasteiger charge is 2.29. The Labute approximate surface area is 170 Å². The van der Waals surface area contributed by atoms with Crippen molar-refractivity contribution < 1.29 is 19.1 Å². The van der Waals surface area contributed by atoms with Gasteiger partial charge in [0.25, 0.3) is 0 Å². The second kappa shape index (κ2) is 8.27. The summed E-state index contributed by atoms with van der Waals surface area (Å²) in [4.78, 5) is 29.2. The van der Waals surface area contributed by atoms with Crippen LogP contribution in [-0.2, 0) is 46.5 Å². The monoisotopic (exact) mass is 397 g/mol. The summed E-state index contributed by atoms with van der Waals surface area (Å²) in [5.74, 6) is -0.556. The number of amides is 1. The van der Waals surface area contributed by atoms with Gasteiger partial charge >= 0.3 is 12.1 Å². The average Bonchev–Trinajstić information content (AvgIpc) is 3.42. The fourth-order valence-corrected chi connectivity index (χ4v) is 4.38. The first-order chi connectivity index (χ1) is 14.1. The molecule has 2 aliphatic carbocycles. The number of anilines is 1. The molecule has 7 nitrogen and oxygen atoms in total. The standard InChI is InChI=1S/C22H27N3O4/c1-3-28-21(26)19(12-25-13-23-11-14(25)2)29-22(27)24-20-17-8-4-6-15(17)10-16-7-5-9-18(16)20/h10-11,13,19H,3-9,12H2,1-2H3,(H,24,27). The Hall–Kier alpha value is -2.83. The quantitative estimate of drug-likeness (QED) is 0.756. The maximum atomic E-state index is 12.8. The number of benzene rings is 1. The van der Waals surface area contributed by atoms with Crippen molar-refractivity contribution in [3.63, 3.8) is 0 Å². The average molecular weight is 397 g/mol. The lowest BCUT2D eigenvalue weighted by Crippen LogP contribution is -2.35. The number of carbonyl (C=O) groups excluding carboxylic acids is 2. The number of ether oxygens (including phenoxy) is 2. The molecule has 1 amide bonds. The highest BCUT2D eigenvalue weighted by molar-refractivity contribution is 5.90. The van der Waals surface area contributed by atoms with Gasteiger partial charge < -0.3 is 14.0 Å². The third-order valence-electron chi connectivity index (χ3n) is 5.78. The summed E-state index contributed by atoms with van der Waals surface area (Å²) in [6.45, 7) is 4.01. The molecule has 1 unspecified atom stereocenters. The molecular formula is C22H27N3O4. The third-order valence-corrected chi connectivity index (χ3v) is 5.78. The zero-order valence-corrected chi connectivity index (χ0v) is 17.0. The van der Waals surface area contributed by atoms with Gasteiger partial charge in [-0.15, -0.1) is 0 Å². The number of hydrogen-bond acceptors (Lipinski definition) is 5. The molecule has 2 aromatic rings. The van der Waals surface area contributed by atoms with Crippen molar-refractivity contribution in [2.24, 2.45) is 0 Å². The highest BCUT2D eigenvalue weighted by atomic mass is 16.6. The Kier molecular flexibility index (Phi) is 5.56. The molecule has 0 saturated carbocycles. The van der Waals surface area contributed by atoms with Gasteiger partial charge in [-0.1, -0.05) is 6.07 Å². The van der Waals surface area contributed by atoms with Crippen molar-refractivity contribution in [2.45, 2.75) is 65.0 Å². The van der Waals surface area contributed by atoms with E-state index in [1.165, 1.54) is 22.3 Å². The minimum Gasteiger partial charge on any atom is -0.463 e. The van der Waals surface area contributed by atoms with Gasteiger partial charge in [0, 0.05) is 11.9 Å². The van der Waals surface area contributed by atoms with E-state index in [4.69, 9.17) is 9.47 Å². The summed E-state index contributed by atoms with van der Waals surface area (Å²) in [5.41, 5.74) is 6.89. The van der Waals surface area contributed by atoms with Gasteiger partial charge in [-0.3, -0.25) is 5.32 Å².